The molecule has 1 fully saturated rings. The number of hydrogen-bond acceptors (Lipinski definition) is 5. The van der Waals surface area contributed by atoms with Crippen molar-refractivity contribution in [1.29, 1.82) is 0 Å². The Hall–Kier alpha value is -1.96. The molecule has 1 saturated heterocycles. The third kappa shape index (κ3) is 3.77. The molecule has 110 valence electrons. The Morgan fingerprint density at radius 1 is 1.55 bits per heavy atom. The highest BCUT2D eigenvalue weighted by Gasteiger charge is 2.20. The number of nitro groups is 1. The van der Waals surface area contributed by atoms with Crippen molar-refractivity contribution in [2.45, 2.75) is 25.6 Å². The van der Waals surface area contributed by atoms with Gasteiger partial charge < -0.3 is 14.8 Å². The minimum Gasteiger partial charge on any atom is -0.427 e. The number of alkyl halides is 2. The minimum absolute atomic E-state index is 0.0738. The Morgan fingerprint density at radius 3 is 2.95 bits per heavy atom. The number of nitrogens with one attached hydrogen (secondary N) is 1. The number of halogens is 2. The number of hydrogen-bond donors (Lipinski definition) is 1. The zero-order chi connectivity index (χ0) is 14.5. The fourth-order valence-electron chi connectivity index (χ4n) is 2.00. The van der Waals surface area contributed by atoms with Gasteiger partial charge in [-0.15, -0.1) is 0 Å². The van der Waals surface area contributed by atoms with Crippen LogP contribution in [0.15, 0.2) is 18.2 Å². The number of ether oxygens (including phenoxy) is 2. The van der Waals surface area contributed by atoms with Crippen molar-refractivity contribution in [2.24, 2.45) is 0 Å². The van der Waals surface area contributed by atoms with Crippen LogP contribution in [0, 0.1) is 10.1 Å². The summed E-state index contributed by atoms with van der Waals surface area (Å²) in [5.41, 5.74) is -0.0188. The van der Waals surface area contributed by atoms with Crippen molar-refractivity contribution in [3.63, 3.8) is 0 Å². The van der Waals surface area contributed by atoms with E-state index in [1.807, 2.05) is 0 Å². The fourth-order valence-corrected chi connectivity index (χ4v) is 2.00. The van der Waals surface area contributed by atoms with Gasteiger partial charge in [-0.05, 0) is 18.9 Å². The van der Waals surface area contributed by atoms with Gasteiger partial charge in [0.1, 0.15) is 0 Å². The molecule has 1 aliphatic rings. The van der Waals surface area contributed by atoms with Crippen LogP contribution < -0.4 is 10.1 Å². The smallest absolute Gasteiger partial charge is 0.387 e. The lowest BCUT2D eigenvalue weighted by molar-refractivity contribution is -0.386. The largest absolute Gasteiger partial charge is 0.427 e. The second-order valence-corrected chi connectivity index (χ2v) is 4.33. The molecule has 0 saturated carbocycles. The van der Waals surface area contributed by atoms with Gasteiger partial charge in [0.25, 0.3) is 0 Å². The van der Waals surface area contributed by atoms with E-state index in [4.69, 9.17) is 4.74 Å². The molecule has 1 aromatic carbocycles. The summed E-state index contributed by atoms with van der Waals surface area (Å²) in [7, 11) is 0. The van der Waals surface area contributed by atoms with E-state index >= 15 is 0 Å². The summed E-state index contributed by atoms with van der Waals surface area (Å²) in [5, 5.41) is 13.7. The zero-order valence-corrected chi connectivity index (χ0v) is 10.6. The summed E-state index contributed by atoms with van der Waals surface area (Å²) in [4.78, 5) is 9.96. The maximum Gasteiger partial charge on any atom is 0.387 e. The highest BCUT2D eigenvalue weighted by Crippen LogP contribution is 2.31. The molecule has 0 aromatic heterocycles. The van der Waals surface area contributed by atoms with E-state index < -0.39 is 23.0 Å². The van der Waals surface area contributed by atoms with Crippen LogP contribution in [0.25, 0.3) is 0 Å². The van der Waals surface area contributed by atoms with E-state index in [2.05, 4.69) is 10.1 Å². The van der Waals surface area contributed by atoms with Crippen molar-refractivity contribution in [3.05, 3.63) is 28.3 Å². The van der Waals surface area contributed by atoms with Crippen molar-refractivity contribution in [3.8, 4) is 5.75 Å². The normalized spacial score (nSPS) is 18.2. The van der Waals surface area contributed by atoms with Crippen molar-refractivity contribution >= 4 is 11.4 Å². The lowest BCUT2D eigenvalue weighted by Crippen LogP contribution is -2.18. The molecule has 1 aromatic rings. The summed E-state index contributed by atoms with van der Waals surface area (Å²) < 4.78 is 34.1. The molecule has 1 atom stereocenters. The van der Waals surface area contributed by atoms with Crippen molar-refractivity contribution in [2.75, 3.05) is 18.5 Å². The van der Waals surface area contributed by atoms with Gasteiger partial charge in [-0.25, -0.2) is 0 Å². The second-order valence-electron chi connectivity index (χ2n) is 4.33. The molecule has 0 unspecified atom stereocenters. The van der Waals surface area contributed by atoms with Crippen LogP contribution in [0.4, 0.5) is 20.2 Å². The summed E-state index contributed by atoms with van der Waals surface area (Å²) in [5.74, 6) is -0.456. The molecule has 8 heteroatoms. The first-order valence-corrected chi connectivity index (χ1v) is 6.15. The van der Waals surface area contributed by atoms with E-state index in [9.17, 15) is 18.9 Å². The van der Waals surface area contributed by atoms with Gasteiger partial charge in [0, 0.05) is 31.0 Å². The van der Waals surface area contributed by atoms with E-state index in [1.54, 1.807) is 0 Å². The molecule has 2 rings (SSSR count). The fraction of sp³-hybridized carbons (Fsp3) is 0.500. The molecule has 0 radical (unpaired) electrons. The predicted molar refractivity (Wildman–Crippen MR) is 67.2 cm³/mol. The molecule has 6 nitrogen and oxygen atoms in total. The van der Waals surface area contributed by atoms with Crippen LogP contribution in [-0.4, -0.2) is 30.8 Å². The summed E-state index contributed by atoms with van der Waals surface area (Å²) in [6.45, 7) is -1.87. The Kier molecular flexibility index (Phi) is 4.67. The van der Waals surface area contributed by atoms with Crippen LogP contribution in [0.3, 0.4) is 0 Å². The van der Waals surface area contributed by atoms with Gasteiger partial charge in [-0.1, -0.05) is 0 Å². The zero-order valence-electron chi connectivity index (χ0n) is 10.6. The highest BCUT2D eigenvalue weighted by molar-refractivity contribution is 5.58. The minimum atomic E-state index is -3.11. The molecule has 0 amide bonds. The Morgan fingerprint density at radius 2 is 2.35 bits per heavy atom. The van der Waals surface area contributed by atoms with Gasteiger partial charge in [-0.2, -0.15) is 8.78 Å². The van der Waals surface area contributed by atoms with E-state index in [0.717, 1.165) is 18.9 Å². The van der Waals surface area contributed by atoms with Gasteiger partial charge in [-0.3, -0.25) is 10.1 Å². The molecule has 0 bridgehead atoms. The second kappa shape index (κ2) is 6.47. The van der Waals surface area contributed by atoms with Crippen LogP contribution in [0.5, 0.6) is 5.75 Å². The number of rotatable bonds is 6. The SMILES string of the molecule is O=[N+]([O-])c1ccc(NC[C@H]2CCCO2)cc1OC(F)F. The Balaban J connectivity index is 2.07. The average molecular weight is 288 g/mol. The first-order valence-electron chi connectivity index (χ1n) is 6.15. The molecular formula is C12H14F2N2O4. The van der Waals surface area contributed by atoms with Crippen molar-refractivity contribution < 1.29 is 23.2 Å². The summed E-state index contributed by atoms with van der Waals surface area (Å²) in [6, 6.07) is 3.78. The van der Waals surface area contributed by atoms with E-state index in [1.165, 1.54) is 12.1 Å². The van der Waals surface area contributed by atoms with Crippen LogP contribution >= 0.6 is 0 Å². The molecule has 0 aliphatic carbocycles. The van der Waals surface area contributed by atoms with Crippen LogP contribution in [0.2, 0.25) is 0 Å². The molecular weight excluding hydrogens is 274 g/mol. The maximum absolute atomic E-state index is 12.2. The number of nitro benzene ring substituents is 1. The molecule has 1 N–H and O–H groups in total. The lowest BCUT2D eigenvalue weighted by Gasteiger charge is -2.13. The van der Waals surface area contributed by atoms with Gasteiger partial charge in [0.15, 0.2) is 0 Å². The molecule has 0 spiro atoms. The molecule has 1 heterocycles. The third-order valence-electron chi connectivity index (χ3n) is 2.93. The van der Waals surface area contributed by atoms with Gasteiger partial charge in [0.2, 0.25) is 5.75 Å². The maximum atomic E-state index is 12.2. The quantitative estimate of drug-likeness (QED) is 0.643. The Labute approximate surface area is 113 Å². The first-order chi connectivity index (χ1) is 9.56. The van der Waals surface area contributed by atoms with E-state index in [0.29, 0.717) is 18.8 Å². The van der Waals surface area contributed by atoms with Crippen molar-refractivity contribution in [1.82, 2.24) is 0 Å². The van der Waals surface area contributed by atoms with Gasteiger partial charge in [0.05, 0.1) is 11.0 Å². The third-order valence-corrected chi connectivity index (χ3v) is 2.93. The summed E-state index contributed by atoms with van der Waals surface area (Å²) >= 11 is 0. The van der Waals surface area contributed by atoms with Crippen LogP contribution in [-0.2, 0) is 4.74 Å². The lowest BCUT2D eigenvalue weighted by atomic mass is 10.2. The number of benzene rings is 1. The van der Waals surface area contributed by atoms with E-state index in [-0.39, 0.29) is 6.10 Å². The number of anilines is 1. The van der Waals surface area contributed by atoms with Crippen LogP contribution in [0.1, 0.15) is 12.8 Å². The number of nitrogens with zero attached hydrogens (tertiary/aromatic N) is 1. The topological polar surface area (TPSA) is 73.6 Å². The standard InChI is InChI=1S/C12H14F2N2O4/c13-12(14)20-11-6-8(3-4-10(11)16(17)18)15-7-9-2-1-5-19-9/h3-4,6,9,12,15H,1-2,5,7H2/t9-/m1/s1. The monoisotopic (exact) mass is 288 g/mol. The molecule has 20 heavy (non-hydrogen) atoms. The highest BCUT2D eigenvalue weighted by atomic mass is 19.3. The predicted octanol–water partition coefficient (Wildman–Crippen LogP) is 2.79. The summed E-state index contributed by atoms with van der Waals surface area (Å²) in [6.07, 6.45) is 2.00. The first kappa shape index (κ1) is 14.4. The van der Waals surface area contributed by atoms with Gasteiger partial charge >= 0.3 is 12.3 Å². The Bertz CT molecular complexity index is 479. The molecule has 1 aliphatic heterocycles. The average Bonchev–Trinajstić information content (AvgIpc) is 2.88.